The smallest absolute Gasteiger partial charge is 0.822 e. The zero-order chi connectivity index (χ0) is 9.00. The molecule has 0 aromatic rings. The third-order valence-electron chi connectivity index (χ3n) is 0. The molecule has 0 amide bonds. The van der Waals surface area contributed by atoms with Crippen molar-refractivity contribution >= 4 is 61.8 Å². The Morgan fingerprint density at radius 3 is 0.583 bits per heavy atom. The van der Waals surface area contributed by atoms with Gasteiger partial charge in [0.05, 0.1) is 0 Å². The van der Waals surface area contributed by atoms with Gasteiger partial charge in [-0.15, -0.1) is 0 Å². The summed E-state index contributed by atoms with van der Waals surface area (Å²) in [6.45, 7) is 0. The van der Waals surface area contributed by atoms with Crippen LogP contribution in [0.4, 0.5) is 0 Å². The van der Waals surface area contributed by atoms with Gasteiger partial charge in [0.2, 0.25) is 0 Å². The van der Waals surface area contributed by atoms with Gasteiger partial charge >= 0.3 is 46.1 Å². The normalized spacial score (nSPS) is 9.83. The second-order valence-corrected chi connectivity index (χ2v) is 2.68. The van der Waals surface area contributed by atoms with Crippen LogP contribution in [0, 0.1) is 0 Å². The van der Waals surface area contributed by atoms with Crippen LogP contribution in [-0.4, -0.2) is 46.1 Å². The van der Waals surface area contributed by atoms with E-state index in [-0.39, 0.29) is 46.1 Å². The van der Waals surface area contributed by atoms with Gasteiger partial charge in [0.15, 0.2) is 0 Å². The second-order valence-electron chi connectivity index (χ2n) is 0.894. The van der Waals surface area contributed by atoms with Crippen LogP contribution < -0.4 is 29.4 Å². The van der Waals surface area contributed by atoms with Crippen LogP contribution in [-0.2, 0) is 9.13 Å². The molecule has 0 unspecified atom stereocenters. The van der Waals surface area contributed by atoms with Gasteiger partial charge in [0, 0.05) is 0 Å². The van der Waals surface area contributed by atoms with Crippen molar-refractivity contribution in [3.05, 3.63) is 0 Å². The fourth-order valence-electron chi connectivity index (χ4n) is 0. The molecule has 0 aromatic carbocycles. The predicted molar refractivity (Wildman–Crippen MR) is 26.7 cm³/mol. The van der Waals surface area contributed by atoms with Gasteiger partial charge in [-0.1, -0.05) is 0 Å². The summed E-state index contributed by atoms with van der Waals surface area (Å²) >= 11 is 0. The van der Waals surface area contributed by atoms with Gasteiger partial charge in [-0.05, 0) is 0 Å². The van der Waals surface area contributed by atoms with Crippen molar-refractivity contribution in [2.24, 2.45) is 0 Å². The quantitative estimate of drug-likeness (QED) is 0.296. The number of hydrogen-bond donors (Lipinski definition) is 0. The van der Waals surface area contributed by atoms with Crippen LogP contribution >= 0.6 is 15.6 Å². The Kier molecular flexibility index (Phi) is 18.2. The van der Waals surface area contributed by atoms with Crippen LogP contribution in [0.15, 0.2) is 0 Å². The van der Waals surface area contributed by atoms with E-state index in [1.165, 1.54) is 0 Å². The summed E-state index contributed by atoms with van der Waals surface area (Å²) < 4.78 is 17.1. The van der Waals surface area contributed by atoms with Crippen LogP contribution in [0.2, 0.25) is 0 Å². The van der Waals surface area contributed by atoms with Gasteiger partial charge in [-0.25, -0.2) is 0 Å². The minimum atomic E-state index is -5.39. The molecule has 0 saturated carbocycles. The van der Waals surface area contributed by atoms with Crippen molar-refractivity contribution in [1.29, 1.82) is 0 Å². The molecular formula is Mg2O8P2-2. The molecule has 0 aliphatic carbocycles. The van der Waals surface area contributed by atoms with E-state index in [4.69, 9.17) is 38.5 Å². The summed E-state index contributed by atoms with van der Waals surface area (Å²) in [7, 11) is -10.8. The Balaban J connectivity index is -0.0000000457. The van der Waals surface area contributed by atoms with E-state index in [2.05, 4.69) is 0 Å². The monoisotopic (exact) mass is 238 g/mol. The summed E-state index contributed by atoms with van der Waals surface area (Å²) in [5, 5.41) is 0. The molecule has 0 aliphatic rings. The maximum Gasteiger partial charge on any atom is 2.00 e. The molecule has 64 valence electrons. The van der Waals surface area contributed by atoms with Crippen molar-refractivity contribution < 1.29 is 38.5 Å². The average Bonchev–Trinajstić information content (AvgIpc) is 1.12. The fraction of sp³-hybridized carbons (Fsp3) is 0. The maximum absolute atomic E-state index is 8.55. The second kappa shape index (κ2) is 9.31. The molecule has 0 radical (unpaired) electrons. The molecule has 0 saturated heterocycles. The predicted octanol–water partition coefficient (Wildman–Crippen LogP) is -6.41. The van der Waals surface area contributed by atoms with E-state index < -0.39 is 15.6 Å². The number of hydrogen-bond acceptors (Lipinski definition) is 8. The van der Waals surface area contributed by atoms with E-state index in [1.807, 2.05) is 0 Å². The van der Waals surface area contributed by atoms with E-state index >= 15 is 0 Å². The molecule has 0 fully saturated rings. The zero-order valence-electron chi connectivity index (χ0n) is 5.57. The molecule has 0 aliphatic heterocycles. The molecule has 0 aromatic heterocycles. The van der Waals surface area contributed by atoms with E-state index in [0.717, 1.165) is 0 Å². The standard InChI is InChI=1S/2Mg.2H3O4P/c;;2*1-5(2,3)4/h;;2*(H3,1,2,3,4)/q2*+2;;/p-6. The Labute approximate surface area is 99.8 Å². The minimum absolute atomic E-state index is 0. The van der Waals surface area contributed by atoms with Crippen molar-refractivity contribution in [3.63, 3.8) is 0 Å². The SMILES string of the molecule is O=P([O-])([O-])[O-].O=P([O-])([O-])[O-].[Mg+2].[Mg+2]. The van der Waals surface area contributed by atoms with Gasteiger partial charge in [0.25, 0.3) is 0 Å². The molecule has 0 rings (SSSR count). The van der Waals surface area contributed by atoms with Crippen molar-refractivity contribution in [3.8, 4) is 0 Å². The van der Waals surface area contributed by atoms with Gasteiger partial charge < -0.3 is 38.5 Å². The third-order valence-corrected chi connectivity index (χ3v) is 0. The van der Waals surface area contributed by atoms with E-state index in [0.29, 0.717) is 0 Å². The van der Waals surface area contributed by atoms with Crippen molar-refractivity contribution in [2.45, 2.75) is 0 Å². The molecule has 0 spiro atoms. The Morgan fingerprint density at radius 2 is 0.583 bits per heavy atom. The molecule has 8 nitrogen and oxygen atoms in total. The summed E-state index contributed by atoms with van der Waals surface area (Å²) in [6, 6.07) is 0. The van der Waals surface area contributed by atoms with Crippen LogP contribution in [0.25, 0.3) is 0 Å². The van der Waals surface area contributed by atoms with Gasteiger partial charge in [0.1, 0.15) is 0 Å². The first-order valence-electron chi connectivity index (χ1n) is 1.46. The van der Waals surface area contributed by atoms with Crippen LogP contribution in [0.3, 0.4) is 0 Å². The zero-order valence-corrected chi connectivity index (χ0v) is 10.2. The third kappa shape index (κ3) is 442. The van der Waals surface area contributed by atoms with Crippen LogP contribution in [0.5, 0.6) is 0 Å². The Hall–Kier alpha value is 1.75. The summed E-state index contributed by atoms with van der Waals surface area (Å²) in [5.74, 6) is 0. The molecule has 0 bridgehead atoms. The minimum Gasteiger partial charge on any atom is -0.822 e. The number of phosphoric acid groups is 2. The van der Waals surface area contributed by atoms with E-state index in [9.17, 15) is 0 Å². The molecule has 12 heavy (non-hydrogen) atoms. The first-order chi connectivity index (χ1) is 4.00. The first kappa shape index (κ1) is 23.5. The first-order valence-corrected chi connectivity index (χ1v) is 4.38. The summed E-state index contributed by atoms with van der Waals surface area (Å²) in [4.78, 5) is 51.3. The Morgan fingerprint density at radius 1 is 0.583 bits per heavy atom. The average molecular weight is 239 g/mol. The topological polar surface area (TPSA) is 172 Å². The number of rotatable bonds is 0. The van der Waals surface area contributed by atoms with Crippen molar-refractivity contribution in [1.82, 2.24) is 0 Å². The molecule has 12 heteroatoms. The molecule has 0 atom stereocenters. The summed E-state index contributed by atoms with van der Waals surface area (Å²) in [6.07, 6.45) is 0. The van der Waals surface area contributed by atoms with Crippen LogP contribution in [0.1, 0.15) is 0 Å². The summed E-state index contributed by atoms with van der Waals surface area (Å²) in [5.41, 5.74) is 0. The largest absolute Gasteiger partial charge is 2.00 e. The van der Waals surface area contributed by atoms with Gasteiger partial charge in [-0.3, -0.25) is 0 Å². The van der Waals surface area contributed by atoms with E-state index in [1.54, 1.807) is 0 Å². The molecule has 0 heterocycles. The molecular weight excluding hydrogens is 239 g/mol. The Bertz CT molecular complexity index is 127. The molecule has 0 N–H and O–H groups in total. The fourth-order valence-corrected chi connectivity index (χ4v) is 0. The van der Waals surface area contributed by atoms with Gasteiger partial charge in [-0.2, -0.15) is 15.6 Å². The van der Waals surface area contributed by atoms with Crippen molar-refractivity contribution in [2.75, 3.05) is 0 Å². The maximum atomic E-state index is 8.55.